The average molecular weight is 539 g/mol. The Hall–Kier alpha value is -2.73. The summed E-state index contributed by atoms with van der Waals surface area (Å²) < 4.78 is 55.1. The lowest BCUT2D eigenvalue weighted by Crippen LogP contribution is -2.31. The Morgan fingerprint density at radius 3 is 2.41 bits per heavy atom. The van der Waals surface area contributed by atoms with Crippen LogP contribution in [0.2, 0.25) is 5.02 Å². The predicted octanol–water partition coefficient (Wildman–Crippen LogP) is 4.34. The number of anilines is 1. The number of benzene rings is 2. The van der Waals surface area contributed by atoms with Gasteiger partial charge in [-0.3, -0.25) is 9.69 Å². The van der Waals surface area contributed by atoms with Crippen LogP contribution in [0.1, 0.15) is 12.2 Å². The fourth-order valence-corrected chi connectivity index (χ4v) is 6.28. The van der Waals surface area contributed by atoms with E-state index in [0.717, 1.165) is 17.6 Å². The highest BCUT2D eigenvalue weighted by Crippen LogP contribution is 2.32. The second-order valence-electron chi connectivity index (χ2n) is 7.48. The molecule has 8 nitrogen and oxygen atoms in total. The molecular formula is C22H19ClN2O6S3. The molecule has 0 atom stereocenters. The molecule has 0 fully saturated rings. The molecule has 0 aliphatic heterocycles. The highest BCUT2D eigenvalue weighted by Gasteiger charge is 2.24. The Balaban J connectivity index is 1.62. The van der Waals surface area contributed by atoms with E-state index in [1.165, 1.54) is 47.6 Å². The number of carbonyl (C=O) groups is 1. The van der Waals surface area contributed by atoms with E-state index in [4.69, 9.17) is 16.0 Å². The van der Waals surface area contributed by atoms with Gasteiger partial charge in [-0.05, 0) is 54.6 Å². The summed E-state index contributed by atoms with van der Waals surface area (Å²) in [5, 5.41) is 0.723. The molecule has 4 aromatic rings. The number of amides is 1. The number of halogens is 1. The summed E-state index contributed by atoms with van der Waals surface area (Å²) >= 11 is 6.97. The van der Waals surface area contributed by atoms with Crippen molar-refractivity contribution in [1.29, 1.82) is 0 Å². The van der Waals surface area contributed by atoms with Crippen molar-refractivity contribution < 1.29 is 26.0 Å². The van der Waals surface area contributed by atoms with Crippen molar-refractivity contribution in [2.45, 2.75) is 22.8 Å². The number of thiazole rings is 1. The molecule has 0 N–H and O–H groups in total. The predicted molar refractivity (Wildman–Crippen MR) is 131 cm³/mol. The van der Waals surface area contributed by atoms with Crippen molar-refractivity contribution in [2.24, 2.45) is 0 Å². The molecule has 2 aromatic heterocycles. The Morgan fingerprint density at radius 1 is 1.06 bits per heavy atom. The van der Waals surface area contributed by atoms with Crippen molar-refractivity contribution in [3.63, 3.8) is 0 Å². The van der Waals surface area contributed by atoms with Gasteiger partial charge < -0.3 is 4.42 Å². The first-order valence-electron chi connectivity index (χ1n) is 9.95. The summed E-state index contributed by atoms with van der Waals surface area (Å²) in [6.07, 6.45) is 2.31. The van der Waals surface area contributed by atoms with Gasteiger partial charge in [0.25, 0.3) is 0 Å². The van der Waals surface area contributed by atoms with Crippen LogP contribution in [0.4, 0.5) is 5.13 Å². The molecule has 2 aromatic carbocycles. The van der Waals surface area contributed by atoms with Gasteiger partial charge in [0, 0.05) is 17.7 Å². The fourth-order valence-electron chi connectivity index (χ4n) is 3.18. The maximum absolute atomic E-state index is 13.2. The minimum Gasteiger partial charge on any atom is -0.467 e. The zero-order chi connectivity index (χ0) is 24.5. The summed E-state index contributed by atoms with van der Waals surface area (Å²) in [5.74, 6) is -0.369. The second-order valence-corrected chi connectivity index (χ2v) is 13.1. The summed E-state index contributed by atoms with van der Waals surface area (Å²) in [7, 11) is -7.12. The molecule has 0 bridgehead atoms. The van der Waals surface area contributed by atoms with Crippen molar-refractivity contribution in [1.82, 2.24) is 4.98 Å². The Bertz CT molecular complexity index is 1540. The Morgan fingerprint density at radius 2 is 1.76 bits per heavy atom. The number of nitrogens with zero attached hydrogens (tertiary/aromatic N) is 2. The first kappa shape index (κ1) is 24.4. The first-order chi connectivity index (χ1) is 16.0. The standard InChI is InChI=1S/C22H19ClN2O6S3/c1-33(27,28)18-8-9-19-20(13-18)32-22(24-19)25(14-16-3-2-11-31-16)21(26)10-12-34(29,30)17-6-4-15(23)5-7-17/h2-9,11,13H,10,12,14H2,1H3. The highest BCUT2D eigenvalue weighted by molar-refractivity contribution is 7.91. The summed E-state index contributed by atoms with van der Waals surface area (Å²) in [6.45, 7) is 0.0472. The van der Waals surface area contributed by atoms with Crippen molar-refractivity contribution in [2.75, 3.05) is 16.9 Å². The van der Waals surface area contributed by atoms with E-state index < -0.39 is 31.3 Å². The summed E-state index contributed by atoms with van der Waals surface area (Å²) in [6, 6.07) is 13.7. The van der Waals surface area contributed by atoms with Crippen LogP contribution in [0, 0.1) is 0 Å². The molecule has 0 radical (unpaired) electrons. The minimum atomic E-state index is -3.71. The molecule has 0 saturated heterocycles. The summed E-state index contributed by atoms with van der Waals surface area (Å²) in [5.41, 5.74) is 0.526. The molecule has 4 rings (SSSR count). The number of hydrogen-bond acceptors (Lipinski definition) is 8. The monoisotopic (exact) mass is 538 g/mol. The molecule has 0 aliphatic carbocycles. The van der Waals surface area contributed by atoms with Crippen molar-refractivity contribution in [3.8, 4) is 0 Å². The van der Waals surface area contributed by atoms with Gasteiger partial charge in [0.1, 0.15) is 5.76 Å². The van der Waals surface area contributed by atoms with Gasteiger partial charge in [-0.1, -0.05) is 22.9 Å². The van der Waals surface area contributed by atoms with Gasteiger partial charge in [0.15, 0.2) is 24.8 Å². The van der Waals surface area contributed by atoms with Crippen LogP contribution < -0.4 is 4.90 Å². The number of furan rings is 1. The smallest absolute Gasteiger partial charge is 0.230 e. The molecule has 1 amide bonds. The van der Waals surface area contributed by atoms with Crippen LogP contribution in [0.15, 0.2) is 75.1 Å². The van der Waals surface area contributed by atoms with E-state index in [1.807, 2.05) is 0 Å². The minimum absolute atomic E-state index is 0.0472. The molecule has 2 heterocycles. The van der Waals surface area contributed by atoms with Gasteiger partial charge in [-0.2, -0.15) is 0 Å². The lowest BCUT2D eigenvalue weighted by atomic mass is 10.3. The normalized spacial score (nSPS) is 12.2. The fraction of sp³-hybridized carbons (Fsp3) is 0.182. The van der Waals surface area contributed by atoms with Gasteiger partial charge in [0.05, 0.1) is 38.6 Å². The van der Waals surface area contributed by atoms with E-state index in [1.54, 1.807) is 18.2 Å². The maximum Gasteiger partial charge on any atom is 0.230 e. The number of carbonyl (C=O) groups excluding carboxylic acids is 1. The van der Waals surface area contributed by atoms with Gasteiger partial charge in [0.2, 0.25) is 5.91 Å². The van der Waals surface area contributed by atoms with Crippen LogP contribution in [-0.2, 0) is 31.0 Å². The van der Waals surface area contributed by atoms with Gasteiger partial charge in [-0.25, -0.2) is 21.8 Å². The maximum atomic E-state index is 13.2. The lowest BCUT2D eigenvalue weighted by molar-refractivity contribution is -0.118. The van der Waals surface area contributed by atoms with Crippen molar-refractivity contribution >= 4 is 63.9 Å². The third-order valence-corrected chi connectivity index (χ3v) is 9.10. The van der Waals surface area contributed by atoms with Gasteiger partial charge >= 0.3 is 0 Å². The Kier molecular flexibility index (Phi) is 6.81. The Labute approximate surface area is 205 Å². The van der Waals surface area contributed by atoms with Crippen molar-refractivity contribution in [3.05, 3.63) is 71.6 Å². The molecule has 0 saturated carbocycles. The lowest BCUT2D eigenvalue weighted by Gasteiger charge is -2.18. The largest absolute Gasteiger partial charge is 0.467 e. The van der Waals surface area contributed by atoms with E-state index in [2.05, 4.69) is 4.98 Å². The second kappa shape index (κ2) is 9.49. The molecule has 0 spiro atoms. The van der Waals surface area contributed by atoms with Crippen LogP contribution in [0.5, 0.6) is 0 Å². The summed E-state index contributed by atoms with van der Waals surface area (Å²) in [4.78, 5) is 19.2. The molecule has 34 heavy (non-hydrogen) atoms. The van der Waals surface area contributed by atoms with Gasteiger partial charge in [-0.15, -0.1) is 0 Å². The zero-order valence-electron chi connectivity index (χ0n) is 17.8. The highest BCUT2D eigenvalue weighted by atomic mass is 35.5. The molecule has 178 valence electrons. The SMILES string of the molecule is CS(=O)(=O)c1ccc2nc(N(Cc3ccco3)C(=O)CCS(=O)(=O)c3ccc(Cl)cc3)sc2c1. The van der Waals surface area contributed by atoms with E-state index in [9.17, 15) is 21.6 Å². The number of hydrogen-bond donors (Lipinski definition) is 0. The first-order valence-corrected chi connectivity index (χ1v) is 14.7. The van der Waals surface area contributed by atoms with E-state index in [-0.39, 0.29) is 22.8 Å². The van der Waals surface area contributed by atoms with E-state index in [0.29, 0.717) is 26.1 Å². The molecule has 12 heteroatoms. The molecule has 0 unspecified atom stereocenters. The van der Waals surface area contributed by atoms with Crippen LogP contribution in [0.3, 0.4) is 0 Å². The topological polar surface area (TPSA) is 115 Å². The van der Waals surface area contributed by atoms with E-state index >= 15 is 0 Å². The third kappa shape index (κ3) is 5.49. The third-order valence-electron chi connectivity index (χ3n) is 4.96. The quantitative estimate of drug-likeness (QED) is 0.327. The van der Waals surface area contributed by atoms with Crippen LogP contribution in [-0.4, -0.2) is 39.7 Å². The average Bonchev–Trinajstić information content (AvgIpc) is 3.44. The number of rotatable bonds is 8. The molecular weight excluding hydrogens is 520 g/mol. The number of fused-ring (bicyclic) bond motifs is 1. The van der Waals surface area contributed by atoms with Crippen LogP contribution in [0.25, 0.3) is 10.2 Å². The number of aromatic nitrogens is 1. The molecule has 0 aliphatic rings. The van der Waals surface area contributed by atoms with Crippen LogP contribution >= 0.6 is 22.9 Å². The zero-order valence-corrected chi connectivity index (χ0v) is 21.0. The number of sulfone groups is 2.